The SMILES string of the molecule is COC(=O)c1ccc(-c2ccc(F)c3nc(N)[nH]c(=O)c23)c(F)c1N. The lowest BCUT2D eigenvalue weighted by Gasteiger charge is -2.11. The molecule has 0 saturated heterocycles. The number of aromatic amines is 1. The highest BCUT2D eigenvalue weighted by atomic mass is 19.1. The third kappa shape index (κ3) is 2.55. The Morgan fingerprint density at radius 1 is 1.16 bits per heavy atom. The summed E-state index contributed by atoms with van der Waals surface area (Å²) >= 11 is 0. The van der Waals surface area contributed by atoms with E-state index in [9.17, 15) is 18.4 Å². The van der Waals surface area contributed by atoms with Crippen LogP contribution in [0.4, 0.5) is 20.4 Å². The molecule has 0 aliphatic heterocycles. The fourth-order valence-corrected chi connectivity index (χ4v) is 2.55. The monoisotopic (exact) mass is 346 g/mol. The van der Waals surface area contributed by atoms with Gasteiger partial charge in [-0.15, -0.1) is 0 Å². The molecule has 3 rings (SSSR count). The summed E-state index contributed by atoms with van der Waals surface area (Å²) in [4.78, 5) is 29.8. The van der Waals surface area contributed by atoms with E-state index in [0.29, 0.717) is 0 Å². The Labute approximate surface area is 139 Å². The van der Waals surface area contributed by atoms with E-state index >= 15 is 0 Å². The van der Waals surface area contributed by atoms with Gasteiger partial charge in [-0.05, 0) is 17.7 Å². The molecule has 1 aromatic heterocycles. The van der Waals surface area contributed by atoms with Crippen LogP contribution in [-0.4, -0.2) is 23.0 Å². The average molecular weight is 346 g/mol. The molecule has 0 radical (unpaired) electrons. The number of benzene rings is 2. The molecule has 25 heavy (non-hydrogen) atoms. The minimum absolute atomic E-state index is 0.0609. The van der Waals surface area contributed by atoms with Crippen molar-refractivity contribution in [3.05, 3.63) is 51.8 Å². The number of nitrogens with two attached hydrogens (primary N) is 2. The fraction of sp³-hybridized carbons (Fsp3) is 0.0625. The maximum atomic E-state index is 14.7. The molecule has 0 atom stereocenters. The first-order valence-electron chi connectivity index (χ1n) is 6.99. The molecule has 0 amide bonds. The molecule has 5 N–H and O–H groups in total. The number of anilines is 2. The second kappa shape index (κ2) is 5.86. The van der Waals surface area contributed by atoms with Crippen molar-refractivity contribution in [2.75, 3.05) is 18.6 Å². The number of nitrogens with one attached hydrogen (secondary N) is 1. The van der Waals surface area contributed by atoms with Gasteiger partial charge in [0.1, 0.15) is 11.3 Å². The molecule has 3 aromatic rings. The maximum absolute atomic E-state index is 14.7. The van der Waals surface area contributed by atoms with E-state index in [1.807, 2.05) is 0 Å². The fourth-order valence-electron chi connectivity index (χ4n) is 2.55. The van der Waals surface area contributed by atoms with Crippen molar-refractivity contribution in [3.63, 3.8) is 0 Å². The number of halogens is 2. The summed E-state index contributed by atoms with van der Waals surface area (Å²) in [7, 11) is 1.14. The van der Waals surface area contributed by atoms with Gasteiger partial charge in [0.2, 0.25) is 5.95 Å². The Morgan fingerprint density at radius 3 is 2.52 bits per heavy atom. The number of carbonyl (C=O) groups excluding carboxylic acids is 1. The number of methoxy groups -OCH3 is 1. The van der Waals surface area contributed by atoms with Crippen LogP contribution in [0.5, 0.6) is 0 Å². The molecular weight excluding hydrogens is 334 g/mol. The number of H-pyrrole nitrogens is 1. The Bertz CT molecular complexity index is 1080. The minimum atomic E-state index is -0.938. The largest absolute Gasteiger partial charge is 0.465 e. The predicted octanol–water partition coefficient (Wildman–Crippen LogP) is 1.82. The molecule has 0 aliphatic rings. The van der Waals surface area contributed by atoms with Crippen LogP contribution in [0.25, 0.3) is 22.0 Å². The average Bonchev–Trinajstić information content (AvgIpc) is 2.58. The van der Waals surface area contributed by atoms with E-state index in [1.54, 1.807) is 0 Å². The Balaban J connectivity index is 2.35. The molecule has 128 valence electrons. The predicted molar refractivity (Wildman–Crippen MR) is 87.9 cm³/mol. The first-order chi connectivity index (χ1) is 11.8. The molecule has 9 heteroatoms. The van der Waals surface area contributed by atoms with E-state index in [-0.39, 0.29) is 33.5 Å². The van der Waals surface area contributed by atoms with Gasteiger partial charge in [0.25, 0.3) is 5.56 Å². The van der Waals surface area contributed by atoms with Crippen molar-refractivity contribution in [3.8, 4) is 11.1 Å². The summed E-state index contributed by atoms with van der Waals surface area (Å²) in [5.41, 5.74) is 9.43. The van der Waals surface area contributed by atoms with E-state index < -0.39 is 28.9 Å². The first kappa shape index (κ1) is 16.4. The van der Waals surface area contributed by atoms with Crippen LogP contribution < -0.4 is 17.0 Å². The van der Waals surface area contributed by atoms with Gasteiger partial charge >= 0.3 is 5.97 Å². The molecule has 0 spiro atoms. The highest BCUT2D eigenvalue weighted by Gasteiger charge is 2.21. The molecule has 0 saturated carbocycles. The highest BCUT2D eigenvalue weighted by molar-refractivity contribution is 5.99. The zero-order valence-corrected chi connectivity index (χ0v) is 12.9. The molecular formula is C16H12F2N4O3. The zero-order valence-electron chi connectivity index (χ0n) is 12.9. The summed E-state index contributed by atoms with van der Waals surface area (Å²) in [6.45, 7) is 0. The van der Waals surface area contributed by atoms with Crippen molar-refractivity contribution in [2.45, 2.75) is 0 Å². The Kier molecular flexibility index (Phi) is 3.84. The number of nitrogen functional groups attached to an aromatic ring is 2. The summed E-state index contributed by atoms with van der Waals surface area (Å²) in [5, 5.41) is -0.182. The number of ether oxygens (including phenoxy) is 1. The Morgan fingerprint density at radius 2 is 1.84 bits per heavy atom. The van der Waals surface area contributed by atoms with Crippen LogP contribution in [0.3, 0.4) is 0 Å². The highest BCUT2D eigenvalue weighted by Crippen LogP contribution is 2.33. The molecule has 0 bridgehead atoms. The van der Waals surface area contributed by atoms with Crippen LogP contribution >= 0.6 is 0 Å². The van der Waals surface area contributed by atoms with Gasteiger partial charge in [-0.2, -0.15) is 0 Å². The van der Waals surface area contributed by atoms with Crippen molar-refractivity contribution in [2.24, 2.45) is 0 Å². The third-order valence-electron chi connectivity index (χ3n) is 3.70. The molecule has 0 unspecified atom stereocenters. The number of hydrogen-bond donors (Lipinski definition) is 3. The van der Waals surface area contributed by atoms with E-state index in [4.69, 9.17) is 11.5 Å². The summed E-state index contributed by atoms with van der Waals surface area (Å²) < 4.78 is 33.2. The number of hydrogen-bond acceptors (Lipinski definition) is 6. The van der Waals surface area contributed by atoms with E-state index in [0.717, 1.165) is 13.2 Å². The lowest BCUT2D eigenvalue weighted by molar-refractivity contribution is 0.0601. The van der Waals surface area contributed by atoms with Crippen molar-refractivity contribution in [1.82, 2.24) is 9.97 Å². The van der Waals surface area contributed by atoms with Gasteiger partial charge in [-0.3, -0.25) is 9.78 Å². The first-order valence-corrected chi connectivity index (χ1v) is 6.99. The van der Waals surface area contributed by atoms with Crippen molar-refractivity contribution >= 4 is 28.5 Å². The van der Waals surface area contributed by atoms with Crippen LogP contribution in [0.1, 0.15) is 10.4 Å². The molecule has 7 nitrogen and oxygen atoms in total. The summed E-state index contributed by atoms with van der Waals surface area (Å²) in [5.74, 6) is -2.79. The lowest BCUT2D eigenvalue weighted by Crippen LogP contribution is -2.13. The standard InChI is InChI=1S/C16H12F2N4O3/c1-25-15(24)8-3-2-7(11(18)12(8)19)6-4-5-9(17)13-10(6)14(23)22-16(20)21-13/h2-5H,19H2,1H3,(H3,20,21,22,23). The number of esters is 1. The lowest BCUT2D eigenvalue weighted by atomic mass is 9.98. The third-order valence-corrected chi connectivity index (χ3v) is 3.70. The number of nitrogens with zero attached hydrogens (tertiary/aromatic N) is 1. The van der Waals surface area contributed by atoms with Gasteiger partial charge in [-0.1, -0.05) is 12.1 Å². The second-order valence-corrected chi connectivity index (χ2v) is 5.15. The van der Waals surface area contributed by atoms with Gasteiger partial charge in [0, 0.05) is 5.56 Å². The topological polar surface area (TPSA) is 124 Å². The quantitative estimate of drug-likeness (QED) is 0.480. The van der Waals surface area contributed by atoms with Gasteiger partial charge in [-0.25, -0.2) is 18.6 Å². The van der Waals surface area contributed by atoms with Gasteiger partial charge < -0.3 is 16.2 Å². The van der Waals surface area contributed by atoms with Crippen LogP contribution in [0.15, 0.2) is 29.1 Å². The zero-order chi connectivity index (χ0) is 18.3. The van der Waals surface area contributed by atoms with E-state index in [1.165, 1.54) is 18.2 Å². The van der Waals surface area contributed by atoms with E-state index in [2.05, 4.69) is 14.7 Å². The molecule has 0 aliphatic carbocycles. The van der Waals surface area contributed by atoms with Gasteiger partial charge in [0.15, 0.2) is 5.82 Å². The summed E-state index contributed by atoms with van der Waals surface area (Å²) in [6.07, 6.45) is 0. The van der Waals surface area contributed by atoms with Gasteiger partial charge in [0.05, 0.1) is 23.7 Å². The number of aromatic nitrogens is 2. The van der Waals surface area contributed by atoms with Crippen LogP contribution in [0.2, 0.25) is 0 Å². The molecule has 0 fully saturated rings. The Hall–Kier alpha value is -3.49. The maximum Gasteiger partial charge on any atom is 0.340 e. The second-order valence-electron chi connectivity index (χ2n) is 5.15. The normalized spacial score (nSPS) is 10.8. The van der Waals surface area contributed by atoms with Crippen molar-refractivity contribution < 1.29 is 18.3 Å². The number of fused-ring (bicyclic) bond motifs is 1. The number of rotatable bonds is 2. The molecule has 2 aromatic carbocycles. The minimum Gasteiger partial charge on any atom is -0.465 e. The van der Waals surface area contributed by atoms with Crippen LogP contribution in [0, 0.1) is 11.6 Å². The van der Waals surface area contributed by atoms with Crippen molar-refractivity contribution in [1.29, 1.82) is 0 Å². The molecule has 1 heterocycles. The summed E-state index contributed by atoms with van der Waals surface area (Å²) in [6, 6.07) is 4.77. The smallest absolute Gasteiger partial charge is 0.340 e. The number of carbonyl (C=O) groups is 1. The van der Waals surface area contributed by atoms with Crippen LogP contribution in [-0.2, 0) is 4.74 Å².